The lowest BCUT2D eigenvalue weighted by Gasteiger charge is -2.06. The summed E-state index contributed by atoms with van der Waals surface area (Å²) in [5.41, 5.74) is 4.12. The number of carbonyl (C=O) groups is 1. The number of nitrogens with zero attached hydrogens (tertiary/aromatic N) is 3. The highest BCUT2D eigenvalue weighted by Gasteiger charge is 2.09. The number of amides is 1. The third-order valence-corrected chi connectivity index (χ3v) is 3.51. The quantitative estimate of drug-likeness (QED) is 0.738. The number of carbonyl (C=O) groups excluding carboxylic acids is 1. The third kappa shape index (κ3) is 3.33. The number of pyridine rings is 1. The lowest BCUT2D eigenvalue weighted by molar-refractivity contribution is 0.0957. The van der Waals surface area contributed by atoms with E-state index in [0.717, 1.165) is 22.4 Å². The van der Waals surface area contributed by atoms with Gasteiger partial charge in [0.2, 0.25) is 0 Å². The topological polar surface area (TPSA) is 59.8 Å². The van der Waals surface area contributed by atoms with Crippen molar-refractivity contribution in [2.45, 2.75) is 6.92 Å². The average Bonchev–Trinajstić information content (AvgIpc) is 3.10. The fourth-order valence-corrected chi connectivity index (χ4v) is 2.28. The Morgan fingerprint density at radius 3 is 2.71 bits per heavy atom. The van der Waals surface area contributed by atoms with Gasteiger partial charge in [-0.15, -0.1) is 0 Å². The first-order chi connectivity index (χ1) is 11.7. The van der Waals surface area contributed by atoms with Crippen molar-refractivity contribution in [3.8, 4) is 17.5 Å². The Hall–Kier alpha value is -3.39. The first-order valence-corrected chi connectivity index (χ1v) is 7.48. The summed E-state index contributed by atoms with van der Waals surface area (Å²) in [6.07, 6.45) is 5.23. The van der Waals surface area contributed by atoms with Crippen molar-refractivity contribution in [1.29, 1.82) is 0 Å². The van der Waals surface area contributed by atoms with E-state index in [1.54, 1.807) is 36.4 Å². The van der Waals surface area contributed by atoms with Gasteiger partial charge in [0, 0.05) is 36.8 Å². The molecule has 2 heterocycles. The van der Waals surface area contributed by atoms with Crippen molar-refractivity contribution in [2.75, 3.05) is 7.05 Å². The van der Waals surface area contributed by atoms with Crippen LogP contribution in [0.2, 0.25) is 0 Å². The van der Waals surface area contributed by atoms with E-state index in [4.69, 9.17) is 0 Å². The first kappa shape index (κ1) is 15.5. The highest BCUT2D eigenvalue weighted by atomic mass is 16.1. The molecule has 1 amide bonds. The molecule has 3 aromatic rings. The average molecular weight is 316 g/mol. The van der Waals surface area contributed by atoms with E-state index in [0.29, 0.717) is 5.69 Å². The molecule has 5 heteroatoms. The smallest absolute Gasteiger partial charge is 0.271 e. The van der Waals surface area contributed by atoms with Crippen LogP contribution in [0.15, 0.2) is 55.0 Å². The number of aryl methyl sites for hydroxylation is 1. The van der Waals surface area contributed by atoms with Gasteiger partial charge in [-0.05, 0) is 48.9 Å². The number of rotatable bonds is 2. The van der Waals surface area contributed by atoms with Crippen molar-refractivity contribution in [3.05, 3.63) is 77.4 Å². The van der Waals surface area contributed by atoms with E-state index < -0.39 is 0 Å². The van der Waals surface area contributed by atoms with Gasteiger partial charge in [0.25, 0.3) is 5.91 Å². The summed E-state index contributed by atoms with van der Waals surface area (Å²) >= 11 is 0. The summed E-state index contributed by atoms with van der Waals surface area (Å²) in [5.74, 6) is 6.01. The van der Waals surface area contributed by atoms with Crippen LogP contribution in [0.3, 0.4) is 0 Å². The second-order valence-electron chi connectivity index (χ2n) is 5.22. The molecule has 0 aliphatic heterocycles. The molecule has 0 fully saturated rings. The van der Waals surface area contributed by atoms with Crippen molar-refractivity contribution in [1.82, 2.24) is 20.1 Å². The molecule has 0 spiro atoms. The minimum Gasteiger partial charge on any atom is -0.354 e. The van der Waals surface area contributed by atoms with E-state index in [-0.39, 0.29) is 5.91 Å². The van der Waals surface area contributed by atoms with Gasteiger partial charge >= 0.3 is 0 Å². The van der Waals surface area contributed by atoms with Crippen molar-refractivity contribution in [2.24, 2.45) is 0 Å². The normalized spacial score (nSPS) is 9.92. The summed E-state index contributed by atoms with van der Waals surface area (Å²) in [4.78, 5) is 15.7. The molecular formula is C19H16N4O. The maximum Gasteiger partial charge on any atom is 0.271 e. The molecule has 118 valence electrons. The van der Waals surface area contributed by atoms with Gasteiger partial charge < -0.3 is 5.32 Å². The highest BCUT2D eigenvalue weighted by molar-refractivity contribution is 5.91. The second-order valence-corrected chi connectivity index (χ2v) is 5.22. The van der Waals surface area contributed by atoms with Crippen molar-refractivity contribution in [3.63, 3.8) is 0 Å². The van der Waals surface area contributed by atoms with E-state index in [2.05, 4.69) is 27.2 Å². The molecule has 2 aromatic heterocycles. The van der Waals surface area contributed by atoms with Gasteiger partial charge in [-0.25, -0.2) is 4.68 Å². The molecule has 5 nitrogen and oxygen atoms in total. The van der Waals surface area contributed by atoms with Gasteiger partial charge in [0.1, 0.15) is 0 Å². The SMILES string of the molecule is CNC(=O)c1ccn(-c2ccc(C#Cc3cccnc3)cc2C)n1. The molecule has 0 saturated carbocycles. The molecule has 0 aliphatic rings. The van der Waals surface area contributed by atoms with Crippen LogP contribution in [0.4, 0.5) is 0 Å². The molecule has 1 N–H and O–H groups in total. The number of aromatic nitrogens is 3. The zero-order chi connectivity index (χ0) is 16.9. The van der Waals surface area contributed by atoms with Gasteiger partial charge in [0.15, 0.2) is 5.69 Å². The molecule has 1 aromatic carbocycles. The van der Waals surface area contributed by atoms with Gasteiger partial charge in [-0.2, -0.15) is 5.10 Å². The number of hydrogen-bond acceptors (Lipinski definition) is 3. The Kier molecular flexibility index (Phi) is 4.39. The molecule has 0 saturated heterocycles. The summed E-state index contributed by atoms with van der Waals surface area (Å²) in [6, 6.07) is 11.4. The van der Waals surface area contributed by atoms with E-state index >= 15 is 0 Å². The largest absolute Gasteiger partial charge is 0.354 e. The molecular weight excluding hydrogens is 300 g/mol. The molecule has 0 unspecified atom stereocenters. The van der Waals surface area contributed by atoms with Crippen molar-refractivity contribution >= 4 is 5.91 Å². The zero-order valence-corrected chi connectivity index (χ0v) is 13.4. The van der Waals surface area contributed by atoms with Gasteiger partial charge in [0.05, 0.1) is 5.69 Å². The van der Waals surface area contributed by atoms with Crippen LogP contribution < -0.4 is 5.32 Å². The molecule has 3 rings (SSSR count). The Bertz CT molecular complexity index is 933. The highest BCUT2D eigenvalue weighted by Crippen LogP contribution is 2.15. The Morgan fingerprint density at radius 1 is 1.17 bits per heavy atom. The monoisotopic (exact) mass is 316 g/mol. The van der Waals surface area contributed by atoms with Crippen molar-refractivity contribution < 1.29 is 4.79 Å². The third-order valence-electron chi connectivity index (χ3n) is 3.51. The maximum absolute atomic E-state index is 11.6. The van der Waals surface area contributed by atoms with Crippen LogP contribution in [0.1, 0.15) is 27.2 Å². The molecule has 24 heavy (non-hydrogen) atoms. The second kappa shape index (κ2) is 6.80. The first-order valence-electron chi connectivity index (χ1n) is 7.48. The fraction of sp³-hybridized carbons (Fsp3) is 0.105. The Morgan fingerprint density at radius 2 is 2.00 bits per heavy atom. The van der Waals surface area contributed by atoms with Crippen LogP contribution in [-0.2, 0) is 0 Å². The lowest BCUT2D eigenvalue weighted by Crippen LogP contribution is -2.18. The Labute approximate surface area is 140 Å². The van der Waals surface area contributed by atoms with Crippen LogP contribution in [0.5, 0.6) is 0 Å². The van der Waals surface area contributed by atoms with Crippen LogP contribution in [0.25, 0.3) is 5.69 Å². The zero-order valence-electron chi connectivity index (χ0n) is 13.4. The molecule has 0 radical (unpaired) electrons. The molecule has 0 aliphatic carbocycles. The minimum atomic E-state index is -0.203. The van der Waals surface area contributed by atoms with Crippen LogP contribution in [0, 0.1) is 18.8 Å². The van der Waals surface area contributed by atoms with Gasteiger partial charge in [-0.3, -0.25) is 9.78 Å². The molecule has 0 atom stereocenters. The van der Waals surface area contributed by atoms with E-state index in [1.165, 1.54) is 0 Å². The standard InChI is InChI=1S/C19H16N4O/c1-14-12-15(5-6-16-4-3-10-21-13-16)7-8-18(14)23-11-9-17(22-23)19(24)20-2/h3-4,7-13H,1-2H3,(H,20,24). The van der Waals surface area contributed by atoms with E-state index in [1.807, 2.05) is 37.3 Å². The lowest BCUT2D eigenvalue weighted by atomic mass is 10.1. The summed E-state index contributed by atoms with van der Waals surface area (Å²) in [7, 11) is 1.59. The van der Waals surface area contributed by atoms with Crippen LogP contribution >= 0.6 is 0 Å². The van der Waals surface area contributed by atoms with E-state index in [9.17, 15) is 4.79 Å². The predicted octanol–water partition coefficient (Wildman–Crippen LogP) is 2.34. The molecule has 0 bridgehead atoms. The maximum atomic E-state index is 11.6. The fourth-order valence-electron chi connectivity index (χ4n) is 2.28. The summed E-state index contributed by atoms with van der Waals surface area (Å²) in [6.45, 7) is 1.99. The Balaban J connectivity index is 1.87. The number of hydrogen-bond donors (Lipinski definition) is 1. The minimum absolute atomic E-state index is 0.203. The van der Waals surface area contributed by atoms with Crippen LogP contribution in [-0.4, -0.2) is 27.7 Å². The summed E-state index contributed by atoms with van der Waals surface area (Å²) in [5, 5.41) is 6.86. The van der Waals surface area contributed by atoms with Gasteiger partial charge in [-0.1, -0.05) is 11.8 Å². The predicted molar refractivity (Wildman–Crippen MR) is 91.9 cm³/mol. The number of nitrogens with one attached hydrogen (secondary N) is 1. The summed E-state index contributed by atoms with van der Waals surface area (Å²) < 4.78 is 1.69. The number of benzene rings is 1.